The Morgan fingerprint density at radius 3 is 2.41 bits per heavy atom. The lowest BCUT2D eigenvalue weighted by Gasteiger charge is -2.29. The third kappa shape index (κ3) is 5.85. The number of nitrogen functional groups attached to an aromatic ring is 1. The van der Waals surface area contributed by atoms with Crippen LogP contribution < -0.4 is 11.1 Å². The lowest BCUT2D eigenvalue weighted by Crippen LogP contribution is -2.40. The van der Waals surface area contributed by atoms with Crippen molar-refractivity contribution < 1.29 is 9.59 Å². The molecule has 34 heavy (non-hydrogen) atoms. The number of pyridine rings is 1. The first kappa shape index (κ1) is 23.1. The summed E-state index contributed by atoms with van der Waals surface area (Å²) in [6.07, 6.45) is 1.78. The SMILES string of the molecule is C[C@H](c1ccccc1)N(CC(=O)Nc1ccc(-c2csc(N)n2)cc1)C(=O)Cc1ccccn1. The number of hydrogen-bond donors (Lipinski definition) is 2. The molecule has 0 aliphatic heterocycles. The molecule has 3 N–H and O–H groups in total. The first-order valence-corrected chi connectivity index (χ1v) is 11.7. The summed E-state index contributed by atoms with van der Waals surface area (Å²) in [7, 11) is 0. The fraction of sp³-hybridized carbons (Fsp3) is 0.154. The Bertz CT molecular complexity index is 1240. The lowest BCUT2D eigenvalue weighted by atomic mass is 10.1. The molecule has 0 radical (unpaired) electrons. The summed E-state index contributed by atoms with van der Waals surface area (Å²) in [6, 6.07) is 22.2. The van der Waals surface area contributed by atoms with Crippen molar-refractivity contribution in [1.82, 2.24) is 14.9 Å². The van der Waals surface area contributed by atoms with Crippen LogP contribution >= 0.6 is 11.3 Å². The van der Waals surface area contributed by atoms with Gasteiger partial charge in [-0.2, -0.15) is 0 Å². The number of carbonyl (C=O) groups is 2. The second-order valence-electron chi connectivity index (χ2n) is 7.80. The van der Waals surface area contributed by atoms with Crippen LogP contribution in [0.5, 0.6) is 0 Å². The molecule has 0 aliphatic carbocycles. The molecule has 2 aromatic heterocycles. The van der Waals surface area contributed by atoms with E-state index in [4.69, 9.17) is 5.73 Å². The van der Waals surface area contributed by atoms with E-state index in [0.717, 1.165) is 16.8 Å². The number of hydrogen-bond acceptors (Lipinski definition) is 6. The molecule has 2 aromatic carbocycles. The first-order chi connectivity index (χ1) is 16.5. The van der Waals surface area contributed by atoms with Crippen molar-refractivity contribution in [1.29, 1.82) is 0 Å². The smallest absolute Gasteiger partial charge is 0.244 e. The highest BCUT2D eigenvalue weighted by Crippen LogP contribution is 2.25. The number of benzene rings is 2. The van der Waals surface area contributed by atoms with Crippen LogP contribution in [0.1, 0.15) is 24.2 Å². The van der Waals surface area contributed by atoms with Gasteiger partial charge in [-0.25, -0.2) is 4.98 Å². The lowest BCUT2D eigenvalue weighted by molar-refractivity contribution is -0.136. The largest absolute Gasteiger partial charge is 0.375 e. The molecule has 0 spiro atoms. The molecule has 4 rings (SSSR count). The zero-order valence-corrected chi connectivity index (χ0v) is 19.5. The summed E-state index contributed by atoms with van der Waals surface area (Å²) in [5.74, 6) is -0.440. The predicted octanol–water partition coefficient (Wildman–Crippen LogP) is 4.56. The number of nitrogens with one attached hydrogen (secondary N) is 1. The van der Waals surface area contributed by atoms with Crippen molar-refractivity contribution in [2.75, 3.05) is 17.6 Å². The number of carbonyl (C=O) groups excluding carboxylic acids is 2. The zero-order valence-electron chi connectivity index (χ0n) is 18.7. The highest BCUT2D eigenvalue weighted by molar-refractivity contribution is 7.13. The number of anilines is 2. The third-order valence-electron chi connectivity index (χ3n) is 5.43. The van der Waals surface area contributed by atoms with Crippen LogP contribution in [0.25, 0.3) is 11.3 Å². The van der Waals surface area contributed by atoms with Gasteiger partial charge in [0.15, 0.2) is 5.13 Å². The monoisotopic (exact) mass is 471 g/mol. The van der Waals surface area contributed by atoms with Crippen LogP contribution in [-0.2, 0) is 16.0 Å². The van der Waals surface area contributed by atoms with Crippen molar-refractivity contribution in [2.45, 2.75) is 19.4 Å². The normalized spacial score (nSPS) is 11.6. The van der Waals surface area contributed by atoms with Crippen LogP contribution in [0.15, 0.2) is 84.4 Å². The number of nitrogens with two attached hydrogens (primary N) is 1. The molecular weight excluding hydrogens is 446 g/mol. The molecule has 1 atom stereocenters. The summed E-state index contributed by atoms with van der Waals surface area (Å²) in [4.78, 5) is 36.3. The molecule has 0 fully saturated rings. The van der Waals surface area contributed by atoms with Crippen LogP contribution in [-0.4, -0.2) is 33.2 Å². The van der Waals surface area contributed by atoms with Crippen LogP contribution in [0.2, 0.25) is 0 Å². The van der Waals surface area contributed by atoms with E-state index in [1.165, 1.54) is 11.3 Å². The van der Waals surface area contributed by atoms with Gasteiger partial charge in [0.25, 0.3) is 0 Å². The quantitative estimate of drug-likeness (QED) is 0.392. The predicted molar refractivity (Wildman–Crippen MR) is 135 cm³/mol. The van der Waals surface area contributed by atoms with Crippen molar-refractivity contribution in [3.8, 4) is 11.3 Å². The topological polar surface area (TPSA) is 101 Å². The van der Waals surface area contributed by atoms with E-state index >= 15 is 0 Å². The summed E-state index contributed by atoms with van der Waals surface area (Å²) in [6.45, 7) is 1.85. The minimum absolute atomic E-state index is 0.0773. The first-order valence-electron chi connectivity index (χ1n) is 10.8. The van der Waals surface area contributed by atoms with Crippen LogP contribution in [0.4, 0.5) is 10.8 Å². The summed E-state index contributed by atoms with van der Waals surface area (Å²) in [5, 5.41) is 5.29. The van der Waals surface area contributed by atoms with E-state index in [2.05, 4.69) is 15.3 Å². The molecule has 2 heterocycles. The van der Waals surface area contributed by atoms with Gasteiger partial charge in [0.2, 0.25) is 11.8 Å². The molecule has 0 unspecified atom stereocenters. The van der Waals surface area contributed by atoms with E-state index in [1.54, 1.807) is 23.2 Å². The number of rotatable bonds is 8. The van der Waals surface area contributed by atoms with Crippen molar-refractivity contribution in [3.05, 3.63) is 95.6 Å². The van der Waals surface area contributed by atoms with Gasteiger partial charge in [0.05, 0.1) is 18.2 Å². The van der Waals surface area contributed by atoms with Gasteiger partial charge in [0, 0.05) is 28.5 Å². The Hall–Kier alpha value is -4.04. The fourth-order valence-electron chi connectivity index (χ4n) is 3.61. The van der Waals surface area contributed by atoms with E-state index < -0.39 is 0 Å². The highest BCUT2D eigenvalue weighted by atomic mass is 32.1. The van der Waals surface area contributed by atoms with E-state index in [-0.39, 0.29) is 30.8 Å². The second kappa shape index (κ2) is 10.7. The van der Waals surface area contributed by atoms with Gasteiger partial charge in [-0.3, -0.25) is 14.6 Å². The van der Waals surface area contributed by atoms with Gasteiger partial charge in [-0.05, 0) is 36.8 Å². The number of nitrogens with zero attached hydrogens (tertiary/aromatic N) is 3. The molecule has 8 heteroatoms. The Morgan fingerprint density at radius 2 is 1.76 bits per heavy atom. The van der Waals surface area contributed by atoms with E-state index in [0.29, 0.717) is 16.5 Å². The molecule has 4 aromatic rings. The Labute approximate surface area is 202 Å². The van der Waals surface area contributed by atoms with Crippen molar-refractivity contribution >= 4 is 34.0 Å². The fourth-order valence-corrected chi connectivity index (χ4v) is 4.18. The van der Waals surface area contributed by atoms with Gasteiger partial charge in [-0.1, -0.05) is 48.5 Å². The Morgan fingerprint density at radius 1 is 1.03 bits per heavy atom. The zero-order chi connectivity index (χ0) is 23.9. The van der Waals surface area contributed by atoms with Crippen LogP contribution in [0, 0.1) is 0 Å². The van der Waals surface area contributed by atoms with Gasteiger partial charge in [0.1, 0.15) is 6.54 Å². The highest BCUT2D eigenvalue weighted by Gasteiger charge is 2.24. The van der Waals surface area contributed by atoms with Crippen LogP contribution in [0.3, 0.4) is 0 Å². The molecule has 2 amide bonds. The van der Waals surface area contributed by atoms with E-state index in [9.17, 15) is 9.59 Å². The molecule has 0 saturated heterocycles. The Kier molecular flexibility index (Phi) is 7.29. The molecule has 0 saturated carbocycles. The second-order valence-corrected chi connectivity index (χ2v) is 8.69. The third-order valence-corrected chi connectivity index (χ3v) is 6.10. The Balaban J connectivity index is 1.47. The van der Waals surface area contributed by atoms with Gasteiger partial charge < -0.3 is 16.0 Å². The molecular formula is C26H25N5O2S. The standard InChI is InChI=1S/C26H25N5O2S/c1-18(19-7-3-2-4-8-19)31(25(33)15-22-9-5-6-14-28-22)16-24(32)29-21-12-10-20(11-13-21)23-17-34-26(27)30-23/h2-14,17-18H,15-16H2,1H3,(H2,27,30)(H,29,32)/t18-/m1/s1. The maximum absolute atomic E-state index is 13.2. The number of amides is 2. The van der Waals surface area contributed by atoms with Crippen molar-refractivity contribution in [2.24, 2.45) is 0 Å². The van der Waals surface area contributed by atoms with Gasteiger partial charge in [-0.15, -0.1) is 11.3 Å². The average molecular weight is 472 g/mol. The molecule has 7 nitrogen and oxygen atoms in total. The minimum atomic E-state index is -0.277. The number of thiazole rings is 1. The summed E-state index contributed by atoms with van der Waals surface area (Å²) in [5.41, 5.74) is 9.68. The van der Waals surface area contributed by atoms with E-state index in [1.807, 2.05) is 73.0 Å². The average Bonchev–Trinajstić information content (AvgIpc) is 3.30. The maximum Gasteiger partial charge on any atom is 0.244 e. The van der Waals surface area contributed by atoms with Crippen molar-refractivity contribution in [3.63, 3.8) is 0 Å². The number of aromatic nitrogens is 2. The summed E-state index contributed by atoms with van der Waals surface area (Å²) >= 11 is 1.38. The molecule has 172 valence electrons. The summed E-state index contributed by atoms with van der Waals surface area (Å²) < 4.78 is 0. The minimum Gasteiger partial charge on any atom is -0.375 e. The molecule has 0 aliphatic rings. The molecule has 0 bridgehead atoms. The maximum atomic E-state index is 13.2. The van der Waals surface area contributed by atoms with Gasteiger partial charge >= 0.3 is 0 Å².